The molecule has 0 unspecified atom stereocenters. The van der Waals surface area contributed by atoms with Crippen molar-refractivity contribution in [3.8, 4) is 0 Å². The minimum absolute atomic E-state index is 0.158. The molecule has 2 fully saturated rings. The summed E-state index contributed by atoms with van der Waals surface area (Å²) >= 11 is 3.44. The average molecular weight is 339 g/mol. The molecule has 2 aliphatic rings. The van der Waals surface area contributed by atoms with Crippen molar-refractivity contribution in [3.63, 3.8) is 0 Å². The molecule has 1 aromatic carbocycles. The average Bonchev–Trinajstić information content (AvgIpc) is 3.31. The third-order valence-corrected chi connectivity index (χ3v) is 4.55. The Labute approximate surface area is 127 Å². The molecule has 108 valence electrons. The number of oxime groups is 1. The van der Waals surface area contributed by atoms with Crippen molar-refractivity contribution in [2.24, 2.45) is 10.9 Å². The lowest BCUT2D eigenvalue weighted by Crippen LogP contribution is -2.47. The molecule has 1 aliphatic carbocycles. The molecule has 0 radical (unpaired) electrons. The lowest BCUT2D eigenvalue weighted by atomic mass is 10.1. The maximum atomic E-state index is 8.95. The highest BCUT2D eigenvalue weighted by Gasteiger charge is 2.31. The first-order valence-electron chi connectivity index (χ1n) is 6.95. The monoisotopic (exact) mass is 338 g/mol. The van der Waals surface area contributed by atoms with Crippen LogP contribution in [0.2, 0.25) is 0 Å². The van der Waals surface area contributed by atoms with Gasteiger partial charge in [0.25, 0.3) is 0 Å². The number of nitrogens with two attached hydrogens (primary N) is 1. The molecule has 1 heterocycles. The van der Waals surface area contributed by atoms with Crippen LogP contribution in [-0.4, -0.2) is 48.2 Å². The van der Waals surface area contributed by atoms with Crippen LogP contribution in [0.1, 0.15) is 18.4 Å². The third kappa shape index (κ3) is 2.76. The Bertz CT molecular complexity index is 522. The highest BCUT2D eigenvalue weighted by molar-refractivity contribution is 9.10. The van der Waals surface area contributed by atoms with Crippen LogP contribution >= 0.6 is 15.9 Å². The summed E-state index contributed by atoms with van der Waals surface area (Å²) in [5.41, 5.74) is 7.62. The van der Waals surface area contributed by atoms with Crippen molar-refractivity contribution in [1.82, 2.24) is 4.90 Å². The lowest BCUT2D eigenvalue weighted by Gasteiger charge is -2.37. The molecule has 1 aliphatic heterocycles. The Balaban J connectivity index is 1.79. The number of nitrogens with zero attached hydrogens (tertiary/aromatic N) is 3. The first-order chi connectivity index (χ1) is 9.69. The van der Waals surface area contributed by atoms with Gasteiger partial charge in [0.2, 0.25) is 0 Å². The Kier molecular flexibility index (Phi) is 3.85. The molecule has 3 rings (SSSR count). The molecule has 0 spiro atoms. The molecule has 6 heteroatoms. The van der Waals surface area contributed by atoms with Crippen molar-refractivity contribution in [1.29, 1.82) is 0 Å². The topological polar surface area (TPSA) is 65.1 Å². The predicted octanol–water partition coefficient (Wildman–Crippen LogP) is 1.83. The fraction of sp³-hybridized carbons (Fsp3) is 0.500. The fourth-order valence-corrected chi connectivity index (χ4v) is 3.17. The minimum Gasteiger partial charge on any atom is -0.409 e. The van der Waals surface area contributed by atoms with Crippen molar-refractivity contribution in [2.45, 2.75) is 18.9 Å². The Morgan fingerprint density at radius 2 is 1.95 bits per heavy atom. The second-order valence-corrected chi connectivity index (χ2v) is 6.32. The van der Waals surface area contributed by atoms with E-state index >= 15 is 0 Å². The van der Waals surface area contributed by atoms with Crippen LogP contribution in [0.5, 0.6) is 0 Å². The van der Waals surface area contributed by atoms with Gasteiger partial charge in [-0.3, -0.25) is 4.90 Å². The zero-order valence-electron chi connectivity index (χ0n) is 11.3. The third-order valence-electron chi connectivity index (χ3n) is 4.06. The SMILES string of the molecule is N/C(=N/O)c1cc(Br)ccc1N1CCN(C2CC2)CC1. The number of rotatable bonds is 3. The number of halogens is 1. The van der Waals surface area contributed by atoms with Gasteiger partial charge in [-0.25, -0.2) is 0 Å². The predicted molar refractivity (Wildman–Crippen MR) is 83.5 cm³/mol. The van der Waals surface area contributed by atoms with Crippen LogP contribution < -0.4 is 10.6 Å². The molecule has 1 aromatic rings. The number of hydrogen-bond acceptors (Lipinski definition) is 4. The van der Waals surface area contributed by atoms with Crippen LogP contribution in [-0.2, 0) is 0 Å². The quantitative estimate of drug-likeness (QED) is 0.382. The molecular formula is C14H19BrN4O. The molecular weight excluding hydrogens is 320 g/mol. The summed E-state index contributed by atoms with van der Waals surface area (Å²) in [6.07, 6.45) is 2.71. The van der Waals surface area contributed by atoms with Gasteiger partial charge >= 0.3 is 0 Å². The zero-order valence-corrected chi connectivity index (χ0v) is 12.9. The Morgan fingerprint density at radius 3 is 2.55 bits per heavy atom. The van der Waals surface area contributed by atoms with E-state index in [-0.39, 0.29) is 5.84 Å². The molecule has 5 nitrogen and oxygen atoms in total. The summed E-state index contributed by atoms with van der Waals surface area (Å²) in [5.74, 6) is 0.158. The molecule has 3 N–H and O–H groups in total. The Hall–Kier alpha value is -1.27. The molecule has 0 atom stereocenters. The molecule has 0 amide bonds. The van der Waals surface area contributed by atoms with Crippen molar-refractivity contribution >= 4 is 27.5 Å². The van der Waals surface area contributed by atoms with Gasteiger partial charge in [-0.1, -0.05) is 21.1 Å². The van der Waals surface area contributed by atoms with E-state index in [2.05, 4.69) is 30.9 Å². The molecule has 1 saturated heterocycles. The van der Waals surface area contributed by atoms with Crippen LogP contribution in [0, 0.1) is 0 Å². The number of anilines is 1. The van der Waals surface area contributed by atoms with Crippen LogP contribution in [0.3, 0.4) is 0 Å². The van der Waals surface area contributed by atoms with Crippen LogP contribution in [0.25, 0.3) is 0 Å². The van der Waals surface area contributed by atoms with Gasteiger partial charge in [0, 0.05) is 47.9 Å². The smallest absolute Gasteiger partial charge is 0.172 e. The van der Waals surface area contributed by atoms with E-state index < -0.39 is 0 Å². The van der Waals surface area contributed by atoms with Gasteiger partial charge in [-0.15, -0.1) is 0 Å². The first-order valence-corrected chi connectivity index (χ1v) is 7.75. The van der Waals surface area contributed by atoms with Gasteiger partial charge in [0.1, 0.15) is 0 Å². The maximum absolute atomic E-state index is 8.95. The number of amidine groups is 1. The van der Waals surface area contributed by atoms with Crippen molar-refractivity contribution in [3.05, 3.63) is 28.2 Å². The van der Waals surface area contributed by atoms with E-state index in [0.29, 0.717) is 0 Å². The van der Waals surface area contributed by atoms with E-state index in [0.717, 1.165) is 47.9 Å². The van der Waals surface area contributed by atoms with E-state index in [1.165, 1.54) is 12.8 Å². The molecule has 0 aromatic heterocycles. The summed E-state index contributed by atoms with van der Waals surface area (Å²) in [6.45, 7) is 4.17. The van der Waals surface area contributed by atoms with E-state index in [1.807, 2.05) is 18.2 Å². The van der Waals surface area contributed by atoms with E-state index in [9.17, 15) is 0 Å². The molecule has 20 heavy (non-hydrogen) atoms. The van der Waals surface area contributed by atoms with Gasteiger partial charge in [-0.2, -0.15) is 0 Å². The van der Waals surface area contributed by atoms with Crippen LogP contribution in [0.15, 0.2) is 27.8 Å². The van der Waals surface area contributed by atoms with Crippen LogP contribution in [0.4, 0.5) is 5.69 Å². The highest BCUT2D eigenvalue weighted by Crippen LogP contribution is 2.30. The van der Waals surface area contributed by atoms with Gasteiger partial charge in [0.15, 0.2) is 5.84 Å². The molecule has 0 bridgehead atoms. The second-order valence-electron chi connectivity index (χ2n) is 5.40. The lowest BCUT2D eigenvalue weighted by molar-refractivity contribution is 0.248. The van der Waals surface area contributed by atoms with E-state index in [1.54, 1.807) is 0 Å². The molecule has 1 saturated carbocycles. The minimum atomic E-state index is 0.158. The summed E-state index contributed by atoms with van der Waals surface area (Å²) in [4.78, 5) is 4.89. The summed E-state index contributed by atoms with van der Waals surface area (Å²) in [5, 5.41) is 12.1. The van der Waals surface area contributed by atoms with Crippen molar-refractivity contribution in [2.75, 3.05) is 31.1 Å². The first kappa shape index (κ1) is 13.7. The fourth-order valence-electron chi connectivity index (χ4n) is 2.81. The van der Waals surface area contributed by atoms with E-state index in [4.69, 9.17) is 10.9 Å². The number of benzene rings is 1. The zero-order chi connectivity index (χ0) is 14.1. The van der Waals surface area contributed by atoms with Gasteiger partial charge < -0.3 is 15.8 Å². The van der Waals surface area contributed by atoms with Crippen molar-refractivity contribution < 1.29 is 5.21 Å². The maximum Gasteiger partial charge on any atom is 0.172 e. The second kappa shape index (κ2) is 5.61. The van der Waals surface area contributed by atoms with Gasteiger partial charge in [-0.05, 0) is 31.0 Å². The number of piperazine rings is 1. The largest absolute Gasteiger partial charge is 0.409 e. The Morgan fingerprint density at radius 1 is 1.25 bits per heavy atom. The summed E-state index contributed by atoms with van der Waals surface area (Å²) < 4.78 is 0.930. The highest BCUT2D eigenvalue weighted by atomic mass is 79.9. The summed E-state index contributed by atoms with van der Waals surface area (Å²) in [7, 11) is 0. The number of hydrogen-bond donors (Lipinski definition) is 2. The standard InChI is InChI=1S/C14H19BrN4O/c15-10-1-4-13(12(9-10)14(16)17-20)19-7-5-18(6-8-19)11-2-3-11/h1,4,9,11,20H,2-3,5-8H2,(H2,16,17). The summed E-state index contributed by atoms with van der Waals surface area (Å²) in [6, 6.07) is 6.75. The van der Waals surface area contributed by atoms with Gasteiger partial charge in [0.05, 0.1) is 0 Å². The normalized spacial score (nSPS) is 21.2.